The Bertz CT molecular complexity index is 484. The normalized spacial score (nSPS) is 30.4. The smallest absolute Gasteiger partial charge is 0.411 e. The van der Waals surface area contributed by atoms with Crippen molar-refractivity contribution in [3.05, 3.63) is 12.7 Å². The molecule has 6 nitrogen and oxygen atoms in total. The summed E-state index contributed by atoms with van der Waals surface area (Å²) in [5.41, 5.74) is -0.638. The highest BCUT2D eigenvalue weighted by Gasteiger charge is 2.50. The van der Waals surface area contributed by atoms with Crippen LogP contribution in [0.5, 0.6) is 0 Å². The van der Waals surface area contributed by atoms with Gasteiger partial charge in [0.25, 0.3) is 0 Å². The summed E-state index contributed by atoms with van der Waals surface area (Å²) >= 11 is 0. The molecule has 0 aromatic carbocycles. The molecule has 2 aliphatic heterocycles. The molecule has 2 rings (SSSR count). The molecule has 0 aliphatic carbocycles. The van der Waals surface area contributed by atoms with Gasteiger partial charge in [-0.2, -0.15) is 0 Å². The number of nitrogens with zero attached hydrogens (tertiary/aromatic N) is 1. The molecule has 2 saturated heterocycles. The van der Waals surface area contributed by atoms with Crippen molar-refractivity contribution in [3.8, 4) is 0 Å². The molecular formula is C18H29NO5. The van der Waals surface area contributed by atoms with Crippen LogP contribution in [0.4, 0.5) is 4.79 Å². The lowest BCUT2D eigenvalue weighted by atomic mass is 9.87. The number of hydrogen-bond donors (Lipinski definition) is 1. The number of carbonyl (C=O) groups is 2. The largest absolute Gasteiger partial charge is 0.444 e. The Morgan fingerprint density at radius 1 is 1.42 bits per heavy atom. The van der Waals surface area contributed by atoms with Gasteiger partial charge in [-0.1, -0.05) is 6.08 Å². The second-order valence-electron chi connectivity index (χ2n) is 7.71. The summed E-state index contributed by atoms with van der Waals surface area (Å²) in [6, 6.07) is -0.766. The molecule has 0 spiro atoms. The maximum absolute atomic E-state index is 12.5. The van der Waals surface area contributed by atoms with E-state index in [0.29, 0.717) is 19.1 Å². The van der Waals surface area contributed by atoms with Crippen LogP contribution in [-0.2, 0) is 14.3 Å². The van der Waals surface area contributed by atoms with Crippen molar-refractivity contribution >= 4 is 11.9 Å². The summed E-state index contributed by atoms with van der Waals surface area (Å²) in [5, 5.41) is 9.33. The minimum absolute atomic E-state index is 0.0745. The van der Waals surface area contributed by atoms with Crippen molar-refractivity contribution in [3.63, 3.8) is 0 Å². The molecule has 6 heteroatoms. The van der Waals surface area contributed by atoms with Gasteiger partial charge in [-0.05, 0) is 46.0 Å². The fourth-order valence-electron chi connectivity index (χ4n) is 3.67. The first-order chi connectivity index (χ1) is 11.3. The van der Waals surface area contributed by atoms with E-state index in [9.17, 15) is 14.7 Å². The summed E-state index contributed by atoms with van der Waals surface area (Å²) in [5.74, 6) is 0.127. The highest BCUT2D eigenvalue weighted by atomic mass is 16.6. The molecule has 2 fully saturated rings. The molecular weight excluding hydrogens is 310 g/mol. The van der Waals surface area contributed by atoms with Gasteiger partial charge in [-0.15, -0.1) is 6.58 Å². The molecule has 2 aliphatic rings. The summed E-state index contributed by atoms with van der Waals surface area (Å²) in [7, 11) is 0. The first-order valence-corrected chi connectivity index (χ1v) is 8.62. The van der Waals surface area contributed by atoms with Crippen molar-refractivity contribution < 1.29 is 24.2 Å². The number of carbonyl (C=O) groups excluding carboxylic acids is 2. The second kappa shape index (κ2) is 7.66. The van der Waals surface area contributed by atoms with Gasteiger partial charge in [0.2, 0.25) is 0 Å². The number of fused-ring (bicyclic) bond motifs is 1. The van der Waals surface area contributed by atoms with Gasteiger partial charge < -0.3 is 14.6 Å². The van der Waals surface area contributed by atoms with Crippen molar-refractivity contribution in [1.29, 1.82) is 0 Å². The molecule has 24 heavy (non-hydrogen) atoms. The maximum Gasteiger partial charge on any atom is 0.411 e. The minimum Gasteiger partial charge on any atom is -0.444 e. The molecule has 4 atom stereocenters. The van der Waals surface area contributed by atoms with Crippen LogP contribution >= 0.6 is 0 Å². The van der Waals surface area contributed by atoms with E-state index >= 15 is 0 Å². The van der Waals surface area contributed by atoms with E-state index in [0.717, 1.165) is 19.3 Å². The zero-order valence-corrected chi connectivity index (χ0v) is 14.9. The Morgan fingerprint density at radius 3 is 2.71 bits per heavy atom. The zero-order valence-electron chi connectivity index (χ0n) is 14.9. The van der Waals surface area contributed by atoms with Gasteiger partial charge in [0.05, 0.1) is 6.10 Å². The van der Waals surface area contributed by atoms with E-state index < -0.39 is 30.1 Å². The van der Waals surface area contributed by atoms with E-state index in [1.165, 1.54) is 4.90 Å². The third-order valence-corrected chi connectivity index (χ3v) is 4.63. The van der Waals surface area contributed by atoms with Crippen LogP contribution in [0.2, 0.25) is 0 Å². The van der Waals surface area contributed by atoms with Crippen LogP contribution in [0.15, 0.2) is 12.7 Å². The Morgan fingerprint density at radius 2 is 2.12 bits per heavy atom. The lowest BCUT2D eigenvalue weighted by Crippen LogP contribution is -2.48. The summed E-state index contributed by atoms with van der Waals surface area (Å²) < 4.78 is 11.4. The van der Waals surface area contributed by atoms with E-state index in [-0.39, 0.29) is 12.0 Å². The number of likely N-dealkylation sites (tertiary alicyclic amines) is 1. The fourth-order valence-corrected chi connectivity index (χ4v) is 3.67. The fraction of sp³-hybridized carbons (Fsp3) is 0.778. The first kappa shape index (κ1) is 18.9. The average molecular weight is 339 g/mol. The van der Waals surface area contributed by atoms with E-state index in [2.05, 4.69) is 6.58 Å². The SMILES string of the molecule is C=CC[C@@H]1CCO[C@@H]2[C@@H](C1)CN(C(=O)OC(C)(C)C)[C@@H]2C(=O)CO. The summed E-state index contributed by atoms with van der Waals surface area (Å²) in [6.45, 7) is 9.54. The molecule has 2 heterocycles. The molecule has 0 saturated carbocycles. The Hall–Kier alpha value is -1.40. The number of hydrogen-bond acceptors (Lipinski definition) is 5. The van der Waals surface area contributed by atoms with E-state index in [4.69, 9.17) is 9.47 Å². The van der Waals surface area contributed by atoms with Crippen LogP contribution in [0.25, 0.3) is 0 Å². The number of aliphatic hydroxyl groups excluding tert-OH is 1. The molecule has 0 aromatic rings. The molecule has 0 unspecified atom stereocenters. The topological polar surface area (TPSA) is 76.1 Å². The maximum atomic E-state index is 12.5. The minimum atomic E-state index is -0.766. The number of aliphatic hydroxyl groups is 1. The van der Waals surface area contributed by atoms with Crippen LogP contribution in [0.3, 0.4) is 0 Å². The predicted octanol–water partition coefficient (Wildman–Crippen LogP) is 2.15. The lowest BCUT2D eigenvalue weighted by molar-refractivity contribution is -0.130. The number of Topliss-reactive ketones (excluding diaryl/α,β-unsaturated/α-hetero) is 1. The third kappa shape index (κ3) is 4.36. The van der Waals surface area contributed by atoms with Gasteiger partial charge in [-0.25, -0.2) is 4.79 Å². The van der Waals surface area contributed by atoms with Crippen LogP contribution in [-0.4, -0.2) is 59.4 Å². The van der Waals surface area contributed by atoms with Crippen LogP contribution < -0.4 is 0 Å². The molecule has 0 bridgehead atoms. The third-order valence-electron chi connectivity index (χ3n) is 4.63. The van der Waals surface area contributed by atoms with Gasteiger partial charge in [0.15, 0.2) is 5.78 Å². The van der Waals surface area contributed by atoms with Gasteiger partial charge in [-0.3, -0.25) is 9.69 Å². The molecule has 1 N–H and O–H groups in total. The van der Waals surface area contributed by atoms with Crippen molar-refractivity contribution in [2.24, 2.45) is 11.8 Å². The number of amides is 1. The van der Waals surface area contributed by atoms with Crippen LogP contribution in [0.1, 0.15) is 40.0 Å². The average Bonchev–Trinajstić information content (AvgIpc) is 2.72. The highest BCUT2D eigenvalue weighted by molar-refractivity contribution is 5.89. The lowest BCUT2D eigenvalue weighted by Gasteiger charge is -2.29. The summed E-state index contributed by atoms with van der Waals surface area (Å²) in [4.78, 5) is 26.2. The summed E-state index contributed by atoms with van der Waals surface area (Å²) in [6.07, 6.45) is 3.72. The highest BCUT2D eigenvalue weighted by Crippen LogP contribution is 2.37. The van der Waals surface area contributed by atoms with E-state index in [1.807, 2.05) is 6.08 Å². The molecule has 136 valence electrons. The van der Waals surface area contributed by atoms with Crippen molar-refractivity contribution in [1.82, 2.24) is 4.90 Å². The van der Waals surface area contributed by atoms with E-state index in [1.54, 1.807) is 20.8 Å². The number of rotatable bonds is 4. The number of allylic oxidation sites excluding steroid dienone is 1. The Labute approximate surface area is 143 Å². The quantitative estimate of drug-likeness (QED) is 0.794. The van der Waals surface area contributed by atoms with Crippen LogP contribution in [0, 0.1) is 11.8 Å². The van der Waals surface area contributed by atoms with Crippen molar-refractivity contribution in [2.75, 3.05) is 19.8 Å². The molecule has 1 amide bonds. The monoisotopic (exact) mass is 339 g/mol. The number of ketones is 1. The first-order valence-electron chi connectivity index (χ1n) is 8.62. The number of ether oxygens (including phenoxy) is 2. The van der Waals surface area contributed by atoms with Crippen molar-refractivity contribution in [2.45, 2.75) is 57.8 Å². The Kier molecular flexibility index (Phi) is 6.04. The standard InChI is InChI=1S/C18H29NO5/c1-5-6-12-7-8-23-16-13(9-12)10-19(15(16)14(21)11-20)17(22)24-18(2,3)4/h5,12-13,15-16,20H,1,6-11H2,2-4H3/t12-,13+,15-,16-/m1/s1. The zero-order chi connectivity index (χ0) is 17.9. The molecule has 0 radical (unpaired) electrons. The molecule has 0 aromatic heterocycles. The van der Waals surface area contributed by atoms with Gasteiger partial charge >= 0.3 is 6.09 Å². The van der Waals surface area contributed by atoms with Gasteiger partial charge in [0.1, 0.15) is 18.2 Å². The predicted molar refractivity (Wildman–Crippen MR) is 89.6 cm³/mol. The van der Waals surface area contributed by atoms with Gasteiger partial charge in [0, 0.05) is 19.1 Å². The Balaban J connectivity index is 2.20. The second-order valence-corrected chi connectivity index (χ2v) is 7.71.